The zero-order chi connectivity index (χ0) is 15.0. The third-order valence-corrected chi connectivity index (χ3v) is 3.00. The van der Waals surface area contributed by atoms with Gasteiger partial charge in [0.1, 0.15) is 0 Å². The van der Waals surface area contributed by atoms with Crippen molar-refractivity contribution in [1.29, 1.82) is 0 Å². The molecule has 6 heteroatoms. The molecule has 0 heterocycles. The van der Waals surface area contributed by atoms with Crippen molar-refractivity contribution in [1.82, 2.24) is 10.6 Å². The average molecular weight is 278 g/mol. The number of nitrogens with two attached hydrogens (primary N) is 1. The number of nitrogens with one attached hydrogen (secondary N) is 2. The van der Waals surface area contributed by atoms with Crippen molar-refractivity contribution in [2.75, 3.05) is 13.1 Å². The van der Waals surface area contributed by atoms with Crippen molar-refractivity contribution in [3.63, 3.8) is 0 Å². The van der Waals surface area contributed by atoms with E-state index in [1.54, 1.807) is 12.1 Å². The van der Waals surface area contributed by atoms with Gasteiger partial charge in [-0.1, -0.05) is 29.8 Å². The summed E-state index contributed by atoms with van der Waals surface area (Å²) in [6.07, 6.45) is 0.710. The third-order valence-electron chi connectivity index (χ3n) is 3.00. The van der Waals surface area contributed by atoms with Gasteiger partial charge >= 0.3 is 0 Å². The summed E-state index contributed by atoms with van der Waals surface area (Å²) < 4.78 is 0. The Morgan fingerprint density at radius 3 is 2.55 bits per heavy atom. The standard InChI is InChI=1S/C14H22N4O2/c1-3-12(13(15)18-20)16-8-9-17-14(19)11-6-4-10(2)5-7-11/h4-7,12,16,20H,3,8-9H2,1-2H3,(H2,15,18)(H,17,19). The first kappa shape index (κ1) is 16.0. The van der Waals surface area contributed by atoms with Gasteiger partial charge in [0.25, 0.3) is 5.91 Å². The number of aryl methyl sites for hydroxylation is 1. The molecule has 0 aliphatic rings. The topological polar surface area (TPSA) is 99.7 Å². The van der Waals surface area contributed by atoms with Crippen LogP contribution in [0, 0.1) is 6.92 Å². The van der Waals surface area contributed by atoms with Gasteiger partial charge in [-0.15, -0.1) is 0 Å². The van der Waals surface area contributed by atoms with Crippen molar-refractivity contribution >= 4 is 11.7 Å². The maximum Gasteiger partial charge on any atom is 0.251 e. The van der Waals surface area contributed by atoms with Crippen LogP contribution in [0.5, 0.6) is 0 Å². The molecule has 5 N–H and O–H groups in total. The number of hydrogen-bond donors (Lipinski definition) is 4. The Balaban J connectivity index is 2.34. The third kappa shape index (κ3) is 4.89. The molecule has 1 amide bonds. The van der Waals surface area contributed by atoms with Gasteiger partial charge in [-0.05, 0) is 25.5 Å². The maximum absolute atomic E-state index is 11.8. The number of amidine groups is 1. The maximum atomic E-state index is 11.8. The van der Waals surface area contributed by atoms with E-state index in [-0.39, 0.29) is 17.8 Å². The first-order valence-electron chi connectivity index (χ1n) is 6.64. The number of nitrogens with zero attached hydrogens (tertiary/aromatic N) is 1. The van der Waals surface area contributed by atoms with Gasteiger partial charge in [-0.3, -0.25) is 4.79 Å². The number of amides is 1. The van der Waals surface area contributed by atoms with Crippen LogP contribution in [-0.4, -0.2) is 36.1 Å². The van der Waals surface area contributed by atoms with E-state index in [9.17, 15) is 4.79 Å². The normalized spacial score (nSPS) is 13.0. The molecule has 1 rings (SSSR count). The Bertz CT molecular complexity index is 457. The predicted molar refractivity (Wildman–Crippen MR) is 79.0 cm³/mol. The lowest BCUT2D eigenvalue weighted by atomic mass is 10.1. The average Bonchev–Trinajstić information content (AvgIpc) is 2.47. The summed E-state index contributed by atoms with van der Waals surface area (Å²) in [6, 6.07) is 7.21. The van der Waals surface area contributed by atoms with Crippen LogP contribution >= 0.6 is 0 Å². The Morgan fingerprint density at radius 1 is 1.35 bits per heavy atom. The van der Waals surface area contributed by atoms with Gasteiger partial charge in [-0.25, -0.2) is 0 Å². The van der Waals surface area contributed by atoms with Crippen LogP contribution in [-0.2, 0) is 0 Å². The van der Waals surface area contributed by atoms with Gasteiger partial charge in [0.2, 0.25) is 0 Å². The molecule has 0 aliphatic carbocycles. The van der Waals surface area contributed by atoms with E-state index in [2.05, 4.69) is 15.8 Å². The van der Waals surface area contributed by atoms with Crippen molar-refractivity contribution in [3.8, 4) is 0 Å². The van der Waals surface area contributed by atoms with Crippen molar-refractivity contribution in [2.24, 2.45) is 10.9 Å². The first-order valence-corrected chi connectivity index (χ1v) is 6.64. The largest absolute Gasteiger partial charge is 0.409 e. The van der Waals surface area contributed by atoms with Gasteiger partial charge in [0.05, 0.1) is 6.04 Å². The molecule has 1 atom stereocenters. The molecule has 110 valence electrons. The van der Waals surface area contributed by atoms with Crippen LogP contribution in [0.15, 0.2) is 29.4 Å². The second kappa shape index (κ2) is 8.16. The number of carbonyl (C=O) groups is 1. The van der Waals surface area contributed by atoms with E-state index in [0.717, 1.165) is 5.56 Å². The van der Waals surface area contributed by atoms with Crippen LogP contribution in [0.4, 0.5) is 0 Å². The van der Waals surface area contributed by atoms with Crippen LogP contribution in [0.25, 0.3) is 0 Å². The SMILES string of the molecule is CCC(NCCNC(=O)c1ccc(C)cc1)C(N)=NO. The molecule has 0 spiro atoms. The molecular weight excluding hydrogens is 256 g/mol. The fourth-order valence-electron chi connectivity index (χ4n) is 1.76. The van der Waals surface area contributed by atoms with E-state index in [0.29, 0.717) is 25.1 Å². The summed E-state index contributed by atoms with van der Waals surface area (Å²) in [7, 11) is 0. The quantitative estimate of drug-likeness (QED) is 0.195. The molecule has 0 radical (unpaired) electrons. The Morgan fingerprint density at radius 2 is 2.00 bits per heavy atom. The molecule has 1 aromatic rings. The lowest BCUT2D eigenvalue weighted by Gasteiger charge is -2.15. The number of carbonyl (C=O) groups excluding carboxylic acids is 1. The minimum Gasteiger partial charge on any atom is -0.409 e. The predicted octanol–water partition coefficient (Wildman–Crippen LogP) is 0.839. The van der Waals surface area contributed by atoms with Crippen LogP contribution in [0.3, 0.4) is 0 Å². The summed E-state index contributed by atoms with van der Waals surface area (Å²) in [6.45, 7) is 4.93. The number of hydrogen-bond acceptors (Lipinski definition) is 4. The van der Waals surface area contributed by atoms with E-state index in [1.807, 2.05) is 26.0 Å². The molecule has 6 nitrogen and oxygen atoms in total. The minimum atomic E-state index is -0.184. The lowest BCUT2D eigenvalue weighted by molar-refractivity contribution is 0.0954. The fraction of sp³-hybridized carbons (Fsp3) is 0.429. The van der Waals surface area contributed by atoms with Crippen molar-refractivity contribution < 1.29 is 10.0 Å². The highest BCUT2D eigenvalue weighted by Crippen LogP contribution is 2.02. The molecule has 1 aromatic carbocycles. The minimum absolute atomic E-state index is 0.108. The summed E-state index contributed by atoms with van der Waals surface area (Å²) in [4.78, 5) is 11.8. The highest BCUT2D eigenvalue weighted by Gasteiger charge is 2.10. The van der Waals surface area contributed by atoms with E-state index in [1.165, 1.54) is 0 Å². The summed E-state index contributed by atoms with van der Waals surface area (Å²) in [5, 5.41) is 17.5. The number of rotatable bonds is 7. The van der Waals surface area contributed by atoms with Crippen molar-refractivity contribution in [2.45, 2.75) is 26.3 Å². The Kier molecular flexibility index (Phi) is 6.52. The molecule has 0 aromatic heterocycles. The zero-order valence-corrected chi connectivity index (χ0v) is 11.9. The fourth-order valence-corrected chi connectivity index (χ4v) is 1.76. The van der Waals surface area contributed by atoms with Gasteiger partial charge in [-0.2, -0.15) is 0 Å². The van der Waals surface area contributed by atoms with Gasteiger partial charge < -0.3 is 21.6 Å². The highest BCUT2D eigenvalue weighted by atomic mass is 16.4. The second-order valence-corrected chi connectivity index (χ2v) is 4.56. The van der Waals surface area contributed by atoms with E-state index < -0.39 is 0 Å². The Hall–Kier alpha value is -2.08. The van der Waals surface area contributed by atoms with Crippen LogP contribution in [0.1, 0.15) is 29.3 Å². The number of oxime groups is 1. The summed E-state index contributed by atoms with van der Waals surface area (Å²) in [5.74, 6) is 0.0426. The molecule has 0 bridgehead atoms. The molecular formula is C14H22N4O2. The summed E-state index contributed by atoms with van der Waals surface area (Å²) in [5.41, 5.74) is 7.28. The molecule has 0 fully saturated rings. The highest BCUT2D eigenvalue weighted by molar-refractivity contribution is 5.94. The van der Waals surface area contributed by atoms with Gasteiger partial charge in [0.15, 0.2) is 5.84 Å². The molecule has 1 unspecified atom stereocenters. The van der Waals surface area contributed by atoms with E-state index in [4.69, 9.17) is 10.9 Å². The molecule has 0 saturated heterocycles. The molecule has 0 aliphatic heterocycles. The smallest absolute Gasteiger partial charge is 0.251 e. The molecule has 20 heavy (non-hydrogen) atoms. The lowest BCUT2D eigenvalue weighted by Crippen LogP contribution is -2.44. The monoisotopic (exact) mass is 278 g/mol. The van der Waals surface area contributed by atoms with Crippen molar-refractivity contribution in [3.05, 3.63) is 35.4 Å². The number of benzene rings is 1. The van der Waals surface area contributed by atoms with Crippen LogP contribution in [0.2, 0.25) is 0 Å². The molecule has 0 saturated carbocycles. The Labute approximate surface area is 119 Å². The second-order valence-electron chi connectivity index (χ2n) is 4.56. The summed E-state index contributed by atoms with van der Waals surface area (Å²) >= 11 is 0. The van der Waals surface area contributed by atoms with Crippen LogP contribution < -0.4 is 16.4 Å². The van der Waals surface area contributed by atoms with E-state index >= 15 is 0 Å². The first-order chi connectivity index (χ1) is 9.58. The van der Waals surface area contributed by atoms with Gasteiger partial charge in [0, 0.05) is 18.7 Å². The zero-order valence-electron chi connectivity index (χ0n) is 11.9.